The van der Waals surface area contributed by atoms with Crippen molar-refractivity contribution in [3.05, 3.63) is 60.4 Å². The molecule has 0 saturated heterocycles. The molecule has 0 atom stereocenters. The van der Waals surface area contributed by atoms with Crippen LogP contribution in [0.3, 0.4) is 0 Å². The molecule has 5 nitrogen and oxygen atoms in total. The van der Waals surface area contributed by atoms with E-state index in [1.54, 1.807) is 6.07 Å². The van der Waals surface area contributed by atoms with Gasteiger partial charge in [0.15, 0.2) is 11.7 Å². The highest BCUT2D eigenvalue weighted by Gasteiger charge is 2.32. The number of aliphatic imine (C=N–C) groups is 1. The summed E-state index contributed by atoms with van der Waals surface area (Å²) in [6.45, 7) is 0.320. The van der Waals surface area contributed by atoms with Crippen molar-refractivity contribution < 1.29 is 22.3 Å². The van der Waals surface area contributed by atoms with E-state index < -0.39 is 6.36 Å². The molecule has 27 heavy (non-hydrogen) atoms. The van der Waals surface area contributed by atoms with Gasteiger partial charge >= 0.3 is 6.36 Å². The van der Waals surface area contributed by atoms with Gasteiger partial charge < -0.3 is 20.2 Å². The molecule has 0 amide bonds. The van der Waals surface area contributed by atoms with Gasteiger partial charge in [0.2, 0.25) is 0 Å². The van der Waals surface area contributed by atoms with Crippen LogP contribution in [0.15, 0.2) is 64.0 Å². The summed E-state index contributed by atoms with van der Waals surface area (Å²) in [5.74, 6) is 0.360. The average molecular weight is 491 g/mol. The Balaban J connectivity index is 0.00000261. The van der Waals surface area contributed by atoms with Crippen molar-refractivity contribution in [2.24, 2.45) is 10.7 Å². The highest BCUT2D eigenvalue weighted by molar-refractivity contribution is 14.0. The number of guanidine groups is 1. The van der Waals surface area contributed by atoms with E-state index in [0.717, 1.165) is 16.7 Å². The molecular weight excluding hydrogens is 474 g/mol. The third-order valence-electron chi connectivity index (χ3n) is 3.49. The van der Waals surface area contributed by atoms with Crippen molar-refractivity contribution >= 4 is 46.6 Å². The van der Waals surface area contributed by atoms with Crippen LogP contribution in [0, 0.1) is 0 Å². The Morgan fingerprint density at radius 3 is 2.56 bits per heavy atom. The predicted molar refractivity (Wildman–Crippen MR) is 109 cm³/mol. The number of anilines is 1. The van der Waals surface area contributed by atoms with Crippen LogP contribution in [-0.4, -0.2) is 18.9 Å². The number of alkyl halides is 3. The van der Waals surface area contributed by atoms with Crippen LogP contribution in [0.2, 0.25) is 0 Å². The lowest BCUT2D eigenvalue weighted by Gasteiger charge is -2.14. The van der Waals surface area contributed by atoms with Gasteiger partial charge in [0, 0.05) is 18.4 Å². The molecule has 0 fully saturated rings. The number of halogens is 4. The number of hydrogen-bond donors (Lipinski definition) is 2. The summed E-state index contributed by atoms with van der Waals surface area (Å²) in [7, 11) is 0. The summed E-state index contributed by atoms with van der Waals surface area (Å²) in [5, 5.41) is 3.61. The molecule has 1 aromatic heterocycles. The van der Waals surface area contributed by atoms with Gasteiger partial charge in [0.05, 0.1) is 5.69 Å². The van der Waals surface area contributed by atoms with Gasteiger partial charge in [-0.25, -0.2) is 0 Å². The van der Waals surface area contributed by atoms with Crippen LogP contribution in [0.5, 0.6) is 5.75 Å². The summed E-state index contributed by atoms with van der Waals surface area (Å²) in [4.78, 5) is 4.11. The minimum absolute atomic E-state index is 0. The topological polar surface area (TPSA) is 72.8 Å². The zero-order valence-electron chi connectivity index (χ0n) is 14.0. The number of para-hydroxylation sites is 3. The predicted octanol–water partition coefficient (Wildman–Crippen LogP) is 4.92. The van der Waals surface area contributed by atoms with E-state index in [0.29, 0.717) is 13.0 Å². The summed E-state index contributed by atoms with van der Waals surface area (Å²) in [6, 6.07) is 15.1. The number of nitrogens with zero attached hydrogens (tertiary/aromatic N) is 1. The number of ether oxygens (including phenoxy) is 1. The summed E-state index contributed by atoms with van der Waals surface area (Å²) in [6.07, 6.45) is -4.28. The molecule has 0 aliphatic rings. The number of fused-ring (bicyclic) bond motifs is 1. The van der Waals surface area contributed by atoms with E-state index in [2.05, 4.69) is 15.0 Å². The Morgan fingerprint density at radius 2 is 1.81 bits per heavy atom. The largest absolute Gasteiger partial charge is 0.573 e. The molecule has 0 unspecified atom stereocenters. The molecule has 0 saturated carbocycles. The van der Waals surface area contributed by atoms with E-state index in [1.165, 1.54) is 18.2 Å². The van der Waals surface area contributed by atoms with Crippen LogP contribution < -0.4 is 15.8 Å². The number of hydrogen-bond acceptors (Lipinski definition) is 3. The Bertz CT molecular complexity index is 892. The van der Waals surface area contributed by atoms with E-state index in [9.17, 15) is 13.2 Å². The SMILES string of the molecule is I.NC(=NCCc1cc2ccccc2o1)Nc1ccccc1OC(F)(F)F. The van der Waals surface area contributed by atoms with Crippen molar-refractivity contribution in [2.45, 2.75) is 12.8 Å². The Hall–Kier alpha value is -2.43. The Labute approximate surface area is 170 Å². The van der Waals surface area contributed by atoms with Gasteiger partial charge in [0.1, 0.15) is 11.3 Å². The van der Waals surface area contributed by atoms with E-state index in [1.807, 2.05) is 30.3 Å². The lowest BCUT2D eigenvalue weighted by Crippen LogP contribution is -2.24. The molecule has 0 aliphatic carbocycles. The Morgan fingerprint density at radius 1 is 1.11 bits per heavy atom. The maximum absolute atomic E-state index is 12.4. The number of benzene rings is 2. The van der Waals surface area contributed by atoms with Crippen LogP contribution in [0.25, 0.3) is 11.0 Å². The molecular formula is C18H17F3IN3O2. The first-order chi connectivity index (χ1) is 12.4. The third kappa shape index (κ3) is 6.05. The lowest BCUT2D eigenvalue weighted by atomic mass is 10.2. The molecule has 0 bridgehead atoms. The highest BCUT2D eigenvalue weighted by atomic mass is 127. The maximum Gasteiger partial charge on any atom is 0.573 e. The van der Waals surface area contributed by atoms with Crippen LogP contribution >= 0.6 is 24.0 Å². The van der Waals surface area contributed by atoms with E-state index in [4.69, 9.17) is 10.2 Å². The Kier molecular flexibility index (Phi) is 6.94. The van der Waals surface area contributed by atoms with Gasteiger partial charge in [-0.3, -0.25) is 4.99 Å². The molecule has 0 radical (unpaired) electrons. The molecule has 3 aromatic rings. The first kappa shape index (κ1) is 20.9. The highest BCUT2D eigenvalue weighted by Crippen LogP contribution is 2.29. The quantitative estimate of drug-likeness (QED) is 0.302. The zero-order valence-corrected chi connectivity index (χ0v) is 16.3. The second-order valence-electron chi connectivity index (χ2n) is 5.44. The van der Waals surface area contributed by atoms with Gasteiger partial charge in [0.25, 0.3) is 0 Å². The first-order valence-corrected chi connectivity index (χ1v) is 7.80. The fourth-order valence-corrected chi connectivity index (χ4v) is 2.41. The van der Waals surface area contributed by atoms with Crippen molar-refractivity contribution in [3.8, 4) is 5.75 Å². The summed E-state index contributed by atoms with van der Waals surface area (Å²) >= 11 is 0. The fraction of sp³-hybridized carbons (Fsp3) is 0.167. The molecule has 144 valence electrons. The van der Waals surface area contributed by atoms with Gasteiger partial charge in [-0.2, -0.15) is 0 Å². The minimum atomic E-state index is -4.79. The van der Waals surface area contributed by atoms with Crippen molar-refractivity contribution in [1.29, 1.82) is 0 Å². The van der Waals surface area contributed by atoms with E-state index in [-0.39, 0.29) is 41.4 Å². The van der Waals surface area contributed by atoms with Crippen molar-refractivity contribution in [1.82, 2.24) is 0 Å². The van der Waals surface area contributed by atoms with Crippen LogP contribution in [0.1, 0.15) is 5.76 Å². The second-order valence-corrected chi connectivity index (χ2v) is 5.44. The molecule has 9 heteroatoms. The van der Waals surface area contributed by atoms with E-state index >= 15 is 0 Å². The molecule has 3 rings (SSSR count). The molecule has 2 aromatic carbocycles. The summed E-state index contributed by atoms with van der Waals surface area (Å²) in [5.41, 5.74) is 6.62. The fourth-order valence-electron chi connectivity index (χ4n) is 2.41. The monoisotopic (exact) mass is 491 g/mol. The molecule has 3 N–H and O–H groups in total. The number of furan rings is 1. The van der Waals surface area contributed by atoms with Crippen LogP contribution in [-0.2, 0) is 6.42 Å². The minimum Gasteiger partial charge on any atom is -0.461 e. The van der Waals surface area contributed by atoms with Crippen molar-refractivity contribution in [2.75, 3.05) is 11.9 Å². The number of nitrogens with one attached hydrogen (secondary N) is 1. The summed E-state index contributed by atoms with van der Waals surface area (Å²) < 4.78 is 46.9. The average Bonchev–Trinajstić information content (AvgIpc) is 2.98. The first-order valence-electron chi connectivity index (χ1n) is 7.80. The normalized spacial score (nSPS) is 11.9. The number of nitrogens with two attached hydrogens (primary N) is 1. The van der Waals surface area contributed by atoms with Crippen molar-refractivity contribution in [3.63, 3.8) is 0 Å². The standard InChI is InChI=1S/C18H16F3N3O2.HI/c19-18(20,21)26-16-8-4-2-6-14(16)24-17(22)23-10-9-13-11-12-5-1-3-7-15(12)25-13;/h1-8,11H,9-10H2,(H3,22,23,24);1H. The lowest BCUT2D eigenvalue weighted by molar-refractivity contribution is -0.274. The zero-order chi connectivity index (χ0) is 18.6. The number of rotatable bonds is 5. The molecule has 0 aliphatic heterocycles. The van der Waals surface area contributed by atoms with Gasteiger partial charge in [-0.05, 0) is 24.3 Å². The van der Waals surface area contributed by atoms with Gasteiger partial charge in [-0.1, -0.05) is 30.3 Å². The smallest absolute Gasteiger partial charge is 0.461 e. The molecule has 1 heterocycles. The maximum atomic E-state index is 12.4. The van der Waals surface area contributed by atoms with Crippen LogP contribution in [0.4, 0.5) is 18.9 Å². The van der Waals surface area contributed by atoms with Gasteiger partial charge in [-0.15, -0.1) is 37.1 Å². The molecule has 0 spiro atoms. The third-order valence-corrected chi connectivity index (χ3v) is 3.49. The second kappa shape index (κ2) is 8.98.